The molecular weight excluding hydrogens is 383 g/mol. The highest BCUT2D eigenvalue weighted by molar-refractivity contribution is 5.56. The summed E-state index contributed by atoms with van der Waals surface area (Å²) in [7, 11) is 0. The van der Waals surface area contributed by atoms with Gasteiger partial charge in [-0.15, -0.1) is 0 Å². The third-order valence-corrected chi connectivity index (χ3v) is 5.84. The molecule has 0 aliphatic carbocycles. The molecule has 0 unspecified atom stereocenters. The van der Waals surface area contributed by atoms with Crippen LogP contribution in [-0.4, -0.2) is 9.97 Å². The fourth-order valence-corrected chi connectivity index (χ4v) is 3.84. The van der Waals surface area contributed by atoms with E-state index in [0.29, 0.717) is 11.4 Å². The van der Waals surface area contributed by atoms with Crippen molar-refractivity contribution < 1.29 is 4.39 Å². The second-order valence-electron chi connectivity index (χ2n) is 8.46. The molecule has 0 amide bonds. The molecule has 0 aliphatic rings. The molecule has 0 saturated carbocycles. The first kappa shape index (κ1) is 23.1. The van der Waals surface area contributed by atoms with Gasteiger partial charge < -0.3 is 0 Å². The number of aryl methyl sites for hydroxylation is 4. The Morgan fingerprint density at radius 2 is 1.13 bits per heavy atom. The van der Waals surface area contributed by atoms with Crippen LogP contribution in [0.25, 0.3) is 11.4 Å². The second kappa shape index (κ2) is 12.3. The minimum absolute atomic E-state index is 0.248. The number of unbranched alkanes of at least 4 members (excludes halogenated alkanes) is 4. The van der Waals surface area contributed by atoms with Gasteiger partial charge in [-0.1, -0.05) is 69.9 Å². The van der Waals surface area contributed by atoms with E-state index in [2.05, 4.69) is 48.1 Å². The maximum Gasteiger partial charge on any atom is 0.162 e. The van der Waals surface area contributed by atoms with E-state index >= 15 is 0 Å². The van der Waals surface area contributed by atoms with Crippen LogP contribution in [0.5, 0.6) is 0 Å². The third-order valence-electron chi connectivity index (χ3n) is 5.84. The molecule has 3 heteroatoms. The van der Waals surface area contributed by atoms with Crippen molar-refractivity contribution in [2.75, 3.05) is 0 Å². The largest absolute Gasteiger partial charge is 0.236 e. The standard InChI is InChI=1S/C28H35FN2/c1-3-5-7-9-22-11-13-23(14-12-22)15-16-24-17-18-26(27(29)19-24)28-30-20-25(21-31-28)10-8-6-4-2/h11-14,17-21H,3-10,15-16H2,1-2H3. The first-order valence-corrected chi connectivity index (χ1v) is 11.9. The van der Waals surface area contributed by atoms with E-state index < -0.39 is 0 Å². The normalized spacial score (nSPS) is 11.1. The molecule has 0 atom stereocenters. The van der Waals surface area contributed by atoms with E-state index in [0.717, 1.165) is 43.2 Å². The van der Waals surface area contributed by atoms with Crippen LogP contribution in [0.2, 0.25) is 0 Å². The van der Waals surface area contributed by atoms with Crippen LogP contribution in [0.15, 0.2) is 54.9 Å². The van der Waals surface area contributed by atoms with Crippen molar-refractivity contribution >= 4 is 0 Å². The van der Waals surface area contributed by atoms with Crippen LogP contribution in [0.4, 0.5) is 4.39 Å². The van der Waals surface area contributed by atoms with Crippen molar-refractivity contribution in [1.29, 1.82) is 0 Å². The monoisotopic (exact) mass is 418 g/mol. The molecule has 2 aromatic carbocycles. The molecule has 0 fully saturated rings. The van der Waals surface area contributed by atoms with E-state index in [4.69, 9.17) is 0 Å². The van der Waals surface area contributed by atoms with E-state index in [-0.39, 0.29) is 5.82 Å². The van der Waals surface area contributed by atoms with Gasteiger partial charge in [0, 0.05) is 12.4 Å². The highest BCUT2D eigenvalue weighted by Crippen LogP contribution is 2.21. The number of nitrogens with zero attached hydrogens (tertiary/aromatic N) is 2. The summed E-state index contributed by atoms with van der Waals surface area (Å²) in [6, 6.07) is 14.3. The first-order chi connectivity index (χ1) is 15.2. The van der Waals surface area contributed by atoms with Crippen LogP contribution in [-0.2, 0) is 25.7 Å². The highest BCUT2D eigenvalue weighted by atomic mass is 19.1. The molecule has 0 spiro atoms. The number of halogens is 1. The molecule has 3 aromatic rings. The molecule has 0 bridgehead atoms. The molecule has 1 aromatic heterocycles. The molecule has 0 saturated heterocycles. The Kier molecular flexibility index (Phi) is 9.20. The Labute approximate surface area is 187 Å². The zero-order valence-electron chi connectivity index (χ0n) is 19.0. The quantitative estimate of drug-likeness (QED) is 0.284. The Morgan fingerprint density at radius 1 is 0.613 bits per heavy atom. The lowest BCUT2D eigenvalue weighted by atomic mass is 10.0. The fourth-order valence-electron chi connectivity index (χ4n) is 3.84. The van der Waals surface area contributed by atoms with Gasteiger partial charge in [0.1, 0.15) is 5.82 Å². The molecule has 31 heavy (non-hydrogen) atoms. The second-order valence-corrected chi connectivity index (χ2v) is 8.46. The Balaban J connectivity index is 1.55. The van der Waals surface area contributed by atoms with E-state index in [9.17, 15) is 4.39 Å². The minimum atomic E-state index is -0.248. The van der Waals surface area contributed by atoms with Crippen molar-refractivity contribution in [3.63, 3.8) is 0 Å². The first-order valence-electron chi connectivity index (χ1n) is 11.9. The summed E-state index contributed by atoms with van der Waals surface area (Å²) < 4.78 is 14.7. The lowest BCUT2D eigenvalue weighted by Crippen LogP contribution is -1.97. The van der Waals surface area contributed by atoms with Crippen LogP contribution in [0.1, 0.15) is 74.6 Å². The van der Waals surface area contributed by atoms with Crippen LogP contribution < -0.4 is 0 Å². The lowest BCUT2D eigenvalue weighted by molar-refractivity contribution is 0.627. The zero-order chi connectivity index (χ0) is 21.9. The predicted molar refractivity (Wildman–Crippen MR) is 128 cm³/mol. The molecule has 1 heterocycles. The van der Waals surface area contributed by atoms with E-state index in [1.807, 2.05) is 24.5 Å². The molecule has 0 radical (unpaired) electrons. The highest BCUT2D eigenvalue weighted by Gasteiger charge is 2.09. The summed E-state index contributed by atoms with van der Waals surface area (Å²) in [6.45, 7) is 4.42. The Hall–Kier alpha value is -2.55. The summed E-state index contributed by atoms with van der Waals surface area (Å²) in [6.07, 6.45) is 14.9. The average molecular weight is 419 g/mol. The molecule has 164 valence electrons. The maximum absolute atomic E-state index is 14.7. The summed E-state index contributed by atoms with van der Waals surface area (Å²) in [5, 5.41) is 0. The Morgan fingerprint density at radius 3 is 1.71 bits per heavy atom. The smallest absolute Gasteiger partial charge is 0.162 e. The van der Waals surface area contributed by atoms with Crippen molar-refractivity contribution in [2.24, 2.45) is 0 Å². The van der Waals surface area contributed by atoms with Gasteiger partial charge in [-0.25, -0.2) is 14.4 Å². The van der Waals surface area contributed by atoms with Crippen LogP contribution in [0, 0.1) is 5.82 Å². The van der Waals surface area contributed by atoms with Gasteiger partial charge in [0.25, 0.3) is 0 Å². The Bertz CT molecular complexity index is 917. The molecule has 0 aliphatic heterocycles. The predicted octanol–water partition coefficient (Wildman–Crippen LogP) is 7.53. The number of hydrogen-bond acceptors (Lipinski definition) is 2. The number of benzene rings is 2. The molecular formula is C28H35FN2. The van der Waals surface area contributed by atoms with Crippen molar-refractivity contribution in [2.45, 2.75) is 78.1 Å². The number of rotatable bonds is 12. The average Bonchev–Trinajstić information content (AvgIpc) is 2.80. The van der Waals surface area contributed by atoms with Gasteiger partial charge in [0.15, 0.2) is 5.82 Å². The van der Waals surface area contributed by atoms with Crippen LogP contribution >= 0.6 is 0 Å². The van der Waals surface area contributed by atoms with Gasteiger partial charge in [0.05, 0.1) is 5.56 Å². The molecule has 2 nitrogen and oxygen atoms in total. The zero-order valence-corrected chi connectivity index (χ0v) is 19.0. The topological polar surface area (TPSA) is 25.8 Å². The maximum atomic E-state index is 14.7. The number of hydrogen-bond donors (Lipinski definition) is 0. The third kappa shape index (κ3) is 7.27. The summed E-state index contributed by atoms with van der Waals surface area (Å²) in [5.74, 6) is 0.212. The van der Waals surface area contributed by atoms with Crippen molar-refractivity contribution in [1.82, 2.24) is 9.97 Å². The van der Waals surface area contributed by atoms with E-state index in [1.165, 1.54) is 43.2 Å². The SMILES string of the molecule is CCCCCc1ccc(CCc2ccc(-c3ncc(CCCCC)cn3)c(F)c2)cc1. The van der Waals surface area contributed by atoms with Gasteiger partial charge in [-0.2, -0.15) is 0 Å². The van der Waals surface area contributed by atoms with Gasteiger partial charge in [-0.3, -0.25) is 0 Å². The summed E-state index contributed by atoms with van der Waals surface area (Å²) in [4.78, 5) is 8.79. The van der Waals surface area contributed by atoms with Gasteiger partial charge >= 0.3 is 0 Å². The van der Waals surface area contributed by atoms with Crippen molar-refractivity contribution in [3.8, 4) is 11.4 Å². The lowest BCUT2D eigenvalue weighted by Gasteiger charge is -2.08. The summed E-state index contributed by atoms with van der Waals surface area (Å²) in [5.41, 5.74) is 5.30. The van der Waals surface area contributed by atoms with Crippen molar-refractivity contribution in [3.05, 3.63) is 82.9 Å². The minimum Gasteiger partial charge on any atom is -0.236 e. The molecule has 0 N–H and O–H groups in total. The van der Waals surface area contributed by atoms with Crippen LogP contribution in [0.3, 0.4) is 0 Å². The number of aromatic nitrogens is 2. The van der Waals surface area contributed by atoms with Gasteiger partial charge in [0.2, 0.25) is 0 Å². The fraction of sp³-hybridized carbons (Fsp3) is 0.429. The van der Waals surface area contributed by atoms with E-state index in [1.54, 1.807) is 6.07 Å². The molecule has 3 rings (SSSR count). The summed E-state index contributed by atoms with van der Waals surface area (Å²) >= 11 is 0. The van der Waals surface area contributed by atoms with Gasteiger partial charge in [-0.05, 0) is 72.9 Å².